The van der Waals surface area contributed by atoms with Crippen LogP contribution in [0.5, 0.6) is 0 Å². The summed E-state index contributed by atoms with van der Waals surface area (Å²) in [7, 11) is 0. The summed E-state index contributed by atoms with van der Waals surface area (Å²) in [5, 5.41) is 0. The highest BCUT2D eigenvalue weighted by atomic mass is 16.7. The summed E-state index contributed by atoms with van der Waals surface area (Å²) < 4.78 is 0. The average molecular weight is 215 g/mol. The van der Waals surface area contributed by atoms with Crippen molar-refractivity contribution in [2.45, 2.75) is 45.3 Å². The van der Waals surface area contributed by atoms with Gasteiger partial charge in [-0.1, -0.05) is 0 Å². The number of hydrogen-bond donors (Lipinski definition) is 2. The first-order chi connectivity index (χ1) is 6.88. The van der Waals surface area contributed by atoms with Crippen molar-refractivity contribution >= 4 is 6.03 Å². The van der Waals surface area contributed by atoms with Gasteiger partial charge in [-0.3, -0.25) is 4.84 Å². The van der Waals surface area contributed by atoms with Crippen LogP contribution in [0.25, 0.3) is 0 Å². The van der Waals surface area contributed by atoms with Crippen molar-refractivity contribution in [1.82, 2.24) is 10.4 Å². The molecule has 0 unspecified atom stereocenters. The second-order valence-corrected chi connectivity index (χ2v) is 4.93. The molecule has 0 atom stereocenters. The number of carbonyl (C=O) groups is 1. The van der Waals surface area contributed by atoms with Crippen molar-refractivity contribution in [3.8, 4) is 0 Å². The predicted molar refractivity (Wildman–Crippen MR) is 58.2 cm³/mol. The number of likely N-dealkylation sites (tertiary alicyclic amines) is 1. The molecule has 1 fully saturated rings. The lowest BCUT2D eigenvalue weighted by molar-refractivity contribution is -0.0940. The number of nitrogens with two attached hydrogens (primary N) is 1. The van der Waals surface area contributed by atoms with Gasteiger partial charge in [0.1, 0.15) is 0 Å². The molecule has 0 aromatic heterocycles. The number of primary amides is 1. The van der Waals surface area contributed by atoms with E-state index in [0.717, 1.165) is 12.8 Å². The summed E-state index contributed by atoms with van der Waals surface area (Å²) in [5.41, 5.74) is 8.05. The maximum Gasteiger partial charge on any atom is 0.314 e. The minimum Gasteiger partial charge on any atom is -0.351 e. The molecule has 5 heteroatoms. The standard InChI is InChI=1S/C10H21N3O2/c1-10(2,3)15-12-8-4-6-13(7-5-8)9(11)14/h8,12H,4-7H2,1-3H3,(H2,11,14). The van der Waals surface area contributed by atoms with Crippen molar-refractivity contribution in [3.05, 3.63) is 0 Å². The van der Waals surface area contributed by atoms with E-state index in [2.05, 4.69) is 5.48 Å². The monoisotopic (exact) mass is 215 g/mol. The molecule has 1 saturated heterocycles. The summed E-state index contributed by atoms with van der Waals surface area (Å²) >= 11 is 0. The van der Waals surface area contributed by atoms with E-state index >= 15 is 0 Å². The second-order valence-electron chi connectivity index (χ2n) is 4.93. The number of hydrogen-bond acceptors (Lipinski definition) is 3. The summed E-state index contributed by atoms with van der Waals surface area (Å²) in [6.07, 6.45) is 1.78. The fraction of sp³-hybridized carbons (Fsp3) is 0.900. The zero-order chi connectivity index (χ0) is 11.5. The Bertz CT molecular complexity index is 217. The minimum absolute atomic E-state index is 0.180. The number of carbonyl (C=O) groups excluding carboxylic acids is 1. The van der Waals surface area contributed by atoms with Gasteiger partial charge in [-0.25, -0.2) is 4.79 Å². The van der Waals surface area contributed by atoms with E-state index in [-0.39, 0.29) is 11.6 Å². The molecule has 5 nitrogen and oxygen atoms in total. The van der Waals surface area contributed by atoms with Crippen LogP contribution in [0, 0.1) is 0 Å². The highest BCUT2D eigenvalue weighted by molar-refractivity contribution is 5.72. The molecule has 0 aromatic rings. The Hall–Kier alpha value is -0.810. The molecule has 0 radical (unpaired) electrons. The lowest BCUT2D eigenvalue weighted by Crippen LogP contribution is -2.48. The van der Waals surface area contributed by atoms with Crippen LogP contribution in [0.3, 0.4) is 0 Å². The molecular formula is C10H21N3O2. The first-order valence-electron chi connectivity index (χ1n) is 5.36. The number of piperidine rings is 1. The van der Waals surface area contributed by atoms with Crippen LogP contribution in [0.1, 0.15) is 33.6 Å². The summed E-state index contributed by atoms with van der Waals surface area (Å²) in [4.78, 5) is 18.0. The largest absolute Gasteiger partial charge is 0.351 e. The fourth-order valence-corrected chi connectivity index (χ4v) is 1.48. The summed E-state index contributed by atoms with van der Waals surface area (Å²) in [5.74, 6) is 0. The van der Waals surface area contributed by atoms with Gasteiger partial charge in [0.15, 0.2) is 0 Å². The van der Waals surface area contributed by atoms with Crippen LogP contribution in [-0.2, 0) is 4.84 Å². The highest BCUT2D eigenvalue weighted by Gasteiger charge is 2.22. The number of rotatable bonds is 2. The van der Waals surface area contributed by atoms with Crippen LogP contribution < -0.4 is 11.2 Å². The molecule has 2 amide bonds. The number of amides is 2. The van der Waals surface area contributed by atoms with Crippen molar-refractivity contribution < 1.29 is 9.63 Å². The molecule has 1 aliphatic rings. The molecular weight excluding hydrogens is 194 g/mol. The van der Waals surface area contributed by atoms with Gasteiger partial charge in [-0.2, -0.15) is 5.48 Å². The Balaban J connectivity index is 2.23. The summed E-state index contributed by atoms with van der Waals surface area (Å²) in [6.45, 7) is 7.41. The van der Waals surface area contributed by atoms with E-state index < -0.39 is 0 Å². The lowest BCUT2D eigenvalue weighted by Gasteiger charge is -2.32. The van der Waals surface area contributed by atoms with Gasteiger partial charge in [0.25, 0.3) is 0 Å². The van der Waals surface area contributed by atoms with E-state index in [9.17, 15) is 4.79 Å². The summed E-state index contributed by atoms with van der Waals surface area (Å²) in [6, 6.07) is -0.00925. The van der Waals surface area contributed by atoms with E-state index in [1.165, 1.54) is 0 Å². The fourth-order valence-electron chi connectivity index (χ4n) is 1.48. The van der Waals surface area contributed by atoms with Gasteiger partial charge >= 0.3 is 6.03 Å². The smallest absolute Gasteiger partial charge is 0.314 e. The van der Waals surface area contributed by atoms with Crippen molar-refractivity contribution in [2.75, 3.05) is 13.1 Å². The molecule has 88 valence electrons. The van der Waals surface area contributed by atoms with Crippen molar-refractivity contribution in [2.24, 2.45) is 5.73 Å². The van der Waals surface area contributed by atoms with Gasteiger partial charge in [0, 0.05) is 19.1 Å². The van der Waals surface area contributed by atoms with Gasteiger partial charge in [-0.05, 0) is 33.6 Å². The van der Waals surface area contributed by atoms with E-state index in [4.69, 9.17) is 10.6 Å². The van der Waals surface area contributed by atoms with E-state index in [0.29, 0.717) is 19.1 Å². The number of nitrogens with zero attached hydrogens (tertiary/aromatic N) is 1. The molecule has 0 spiro atoms. The van der Waals surface area contributed by atoms with Crippen LogP contribution >= 0.6 is 0 Å². The zero-order valence-corrected chi connectivity index (χ0v) is 9.75. The Morgan fingerprint density at radius 1 is 1.40 bits per heavy atom. The predicted octanol–water partition coefficient (Wildman–Crippen LogP) is 0.849. The SMILES string of the molecule is CC(C)(C)ONC1CCN(C(N)=O)CC1. The Morgan fingerprint density at radius 3 is 2.33 bits per heavy atom. The van der Waals surface area contributed by atoms with E-state index in [1.54, 1.807) is 4.90 Å². The number of nitrogens with one attached hydrogen (secondary N) is 1. The maximum atomic E-state index is 10.9. The zero-order valence-electron chi connectivity index (χ0n) is 9.75. The van der Waals surface area contributed by atoms with Crippen LogP contribution in [0.4, 0.5) is 4.79 Å². The lowest BCUT2D eigenvalue weighted by atomic mass is 10.1. The van der Waals surface area contributed by atoms with Crippen LogP contribution in [-0.4, -0.2) is 35.7 Å². The third kappa shape index (κ3) is 4.48. The number of hydroxylamine groups is 1. The maximum absolute atomic E-state index is 10.9. The first kappa shape index (κ1) is 12.3. The average Bonchev–Trinajstić information content (AvgIpc) is 2.14. The molecule has 1 rings (SSSR count). The van der Waals surface area contributed by atoms with Gasteiger partial charge in [0.05, 0.1) is 5.60 Å². The normalized spacial score (nSPS) is 19.3. The van der Waals surface area contributed by atoms with Crippen molar-refractivity contribution in [3.63, 3.8) is 0 Å². The molecule has 15 heavy (non-hydrogen) atoms. The quantitative estimate of drug-likeness (QED) is 0.671. The minimum atomic E-state index is -0.329. The first-order valence-corrected chi connectivity index (χ1v) is 5.36. The molecule has 1 heterocycles. The van der Waals surface area contributed by atoms with Crippen LogP contribution in [0.15, 0.2) is 0 Å². The Labute approximate surface area is 90.9 Å². The van der Waals surface area contributed by atoms with Crippen molar-refractivity contribution in [1.29, 1.82) is 0 Å². The number of urea groups is 1. The second kappa shape index (κ2) is 4.81. The molecule has 1 aliphatic heterocycles. The van der Waals surface area contributed by atoms with Gasteiger partial charge in [0.2, 0.25) is 0 Å². The topological polar surface area (TPSA) is 67.6 Å². The van der Waals surface area contributed by atoms with E-state index in [1.807, 2.05) is 20.8 Å². The van der Waals surface area contributed by atoms with Gasteiger partial charge < -0.3 is 10.6 Å². The third-order valence-electron chi connectivity index (χ3n) is 2.34. The Kier molecular flexibility index (Phi) is 3.93. The molecule has 0 aromatic carbocycles. The highest BCUT2D eigenvalue weighted by Crippen LogP contribution is 2.12. The van der Waals surface area contributed by atoms with Crippen LogP contribution in [0.2, 0.25) is 0 Å². The van der Waals surface area contributed by atoms with Gasteiger partial charge in [-0.15, -0.1) is 0 Å². The molecule has 0 saturated carbocycles. The Morgan fingerprint density at radius 2 is 1.93 bits per heavy atom. The third-order valence-corrected chi connectivity index (χ3v) is 2.34. The molecule has 0 aliphatic carbocycles. The molecule has 3 N–H and O–H groups in total. The molecule has 0 bridgehead atoms.